The summed E-state index contributed by atoms with van der Waals surface area (Å²) in [5.41, 5.74) is 0. The van der Waals surface area contributed by atoms with Crippen LogP contribution in [0.1, 0.15) is 19.3 Å². The highest BCUT2D eigenvalue weighted by atomic mass is 35.5. The van der Waals surface area contributed by atoms with E-state index in [2.05, 4.69) is 5.32 Å². The Morgan fingerprint density at radius 2 is 2.14 bits per heavy atom. The van der Waals surface area contributed by atoms with Crippen LogP contribution in [-0.2, 0) is 4.79 Å². The molecule has 4 nitrogen and oxygen atoms in total. The molecule has 0 saturated carbocycles. The van der Waals surface area contributed by atoms with Crippen LogP contribution < -0.4 is 10.1 Å². The van der Waals surface area contributed by atoms with Crippen molar-refractivity contribution in [2.75, 3.05) is 33.3 Å². The molecule has 0 radical (unpaired) electrons. The van der Waals surface area contributed by atoms with Gasteiger partial charge in [0, 0.05) is 18.5 Å². The van der Waals surface area contributed by atoms with E-state index < -0.39 is 0 Å². The summed E-state index contributed by atoms with van der Waals surface area (Å²) < 4.78 is 5.61. The number of halogens is 2. The van der Waals surface area contributed by atoms with E-state index in [4.69, 9.17) is 16.3 Å². The predicted molar refractivity (Wildman–Crippen MR) is 92.0 cm³/mol. The topological polar surface area (TPSA) is 41.6 Å². The Hall–Kier alpha value is -0.970. The second-order valence-corrected chi connectivity index (χ2v) is 5.96. The number of ether oxygens (including phenoxy) is 1. The molecule has 1 aliphatic heterocycles. The summed E-state index contributed by atoms with van der Waals surface area (Å²) in [6.07, 6.45) is 2.84. The molecule has 6 heteroatoms. The van der Waals surface area contributed by atoms with Crippen LogP contribution in [0, 0.1) is 5.92 Å². The number of hydrogen-bond acceptors (Lipinski definition) is 3. The summed E-state index contributed by atoms with van der Waals surface area (Å²) in [4.78, 5) is 13.9. The second kappa shape index (κ2) is 9.93. The van der Waals surface area contributed by atoms with Gasteiger partial charge in [0.2, 0.25) is 5.91 Å². The minimum absolute atomic E-state index is 0. The van der Waals surface area contributed by atoms with Crippen LogP contribution in [0.15, 0.2) is 24.3 Å². The lowest BCUT2D eigenvalue weighted by Gasteiger charge is -2.25. The Kier molecular flexibility index (Phi) is 8.61. The first kappa shape index (κ1) is 19.1. The first-order valence-corrected chi connectivity index (χ1v) is 7.86. The van der Waals surface area contributed by atoms with Gasteiger partial charge in [-0.25, -0.2) is 0 Å². The Morgan fingerprint density at radius 1 is 1.41 bits per heavy atom. The van der Waals surface area contributed by atoms with Gasteiger partial charge in [-0.15, -0.1) is 12.4 Å². The predicted octanol–water partition coefficient (Wildman–Crippen LogP) is 2.99. The van der Waals surface area contributed by atoms with Crippen molar-refractivity contribution in [1.29, 1.82) is 0 Å². The maximum Gasteiger partial charge on any atom is 0.222 e. The zero-order chi connectivity index (χ0) is 15.1. The summed E-state index contributed by atoms with van der Waals surface area (Å²) in [6.45, 7) is 3.13. The molecule has 0 aliphatic carbocycles. The first-order chi connectivity index (χ1) is 10.1. The number of carbonyl (C=O) groups excluding carboxylic acids is 1. The summed E-state index contributed by atoms with van der Waals surface area (Å²) >= 11 is 5.90. The Bertz CT molecular complexity index is 465. The molecule has 1 aromatic rings. The van der Waals surface area contributed by atoms with Crippen LogP contribution >= 0.6 is 24.0 Å². The zero-order valence-electron chi connectivity index (χ0n) is 12.9. The van der Waals surface area contributed by atoms with E-state index in [1.165, 1.54) is 0 Å². The van der Waals surface area contributed by atoms with E-state index in [1.807, 2.05) is 25.2 Å². The number of likely N-dealkylation sites (N-methyl/N-ethyl adjacent to an activating group) is 1. The number of nitrogens with one attached hydrogen (secondary N) is 1. The van der Waals surface area contributed by atoms with Gasteiger partial charge in [-0.05, 0) is 50.0 Å². The monoisotopic (exact) mass is 346 g/mol. The van der Waals surface area contributed by atoms with Crippen molar-refractivity contribution in [3.63, 3.8) is 0 Å². The third kappa shape index (κ3) is 6.42. The van der Waals surface area contributed by atoms with E-state index in [9.17, 15) is 4.79 Å². The third-order valence-corrected chi connectivity index (χ3v) is 4.07. The fraction of sp³-hybridized carbons (Fsp3) is 0.562. The van der Waals surface area contributed by atoms with Gasteiger partial charge < -0.3 is 15.0 Å². The minimum Gasteiger partial charge on any atom is -0.492 e. The van der Waals surface area contributed by atoms with Gasteiger partial charge in [-0.3, -0.25) is 4.79 Å². The van der Waals surface area contributed by atoms with Crippen LogP contribution in [0.2, 0.25) is 5.02 Å². The molecule has 0 unspecified atom stereocenters. The molecule has 124 valence electrons. The summed E-state index contributed by atoms with van der Waals surface area (Å²) in [6, 6.07) is 7.30. The van der Waals surface area contributed by atoms with Gasteiger partial charge in [0.25, 0.3) is 0 Å². The molecule has 1 aliphatic rings. The molecule has 1 N–H and O–H groups in total. The molecule has 1 fully saturated rings. The molecule has 22 heavy (non-hydrogen) atoms. The molecule has 0 bridgehead atoms. The maximum atomic E-state index is 12.1. The number of carbonyl (C=O) groups is 1. The van der Waals surface area contributed by atoms with Crippen LogP contribution in [0.5, 0.6) is 5.75 Å². The van der Waals surface area contributed by atoms with Crippen molar-refractivity contribution < 1.29 is 9.53 Å². The van der Waals surface area contributed by atoms with Crippen molar-refractivity contribution in [2.45, 2.75) is 19.3 Å². The average molecular weight is 347 g/mol. The molecule has 0 spiro atoms. The number of benzene rings is 1. The van der Waals surface area contributed by atoms with E-state index in [0.717, 1.165) is 31.7 Å². The van der Waals surface area contributed by atoms with Gasteiger partial charge in [0.15, 0.2) is 0 Å². The van der Waals surface area contributed by atoms with E-state index in [-0.39, 0.29) is 18.3 Å². The van der Waals surface area contributed by atoms with Crippen molar-refractivity contribution in [3.8, 4) is 5.75 Å². The highest BCUT2D eigenvalue weighted by molar-refractivity contribution is 6.30. The lowest BCUT2D eigenvalue weighted by atomic mass is 9.94. The number of amides is 1. The van der Waals surface area contributed by atoms with Crippen LogP contribution in [0.4, 0.5) is 0 Å². The molecule has 1 heterocycles. The van der Waals surface area contributed by atoms with Gasteiger partial charge >= 0.3 is 0 Å². The van der Waals surface area contributed by atoms with Gasteiger partial charge in [0.1, 0.15) is 12.4 Å². The fourth-order valence-electron chi connectivity index (χ4n) is 2.47. The molecular formula is C16H24Cl2N2O2. The third-order valence-electron chi connectivity index (χ3n) is 3.84. The lowest BCUT2D eigenvalue weighted by molar-refractivity contribution is -0.131. The van der Waals surface area contributed by atoms with Gasteiger partial charge in [-0.1, -0.05) is 17.7 Å². The van der Waals surface area contributed by atoms with Crippen LogP contribution in [0.3, 0.4) is 0 Å². The van der Waals surface area contributed by atoms with E-state index in [1.54, 1.807) is 11.0 Å². The number of hydrogen-bond donors (Lipinski definition) is 1. The number of piperidine rings is 1. The Balaban J connectivity index is 0.00000242. The van der Waals surface area contributed by atoms with Crippen molar-refractivity contribution in [2.24, 2.45) is 5.92 Å². The van der Waals surface area contributed by atoms with Crippen molar-refractivity contribution >= 4 is 29.9 Å². The van der Waals surface area contributed by atoms with Crippen molar-refractivity contribution in [3.05, 3.63) is 29.3 Å². The molecular weight excluding hydrogens is 323 g/mol. The minimum atomic E-state index is 0. The number of nitrogens with zero attached hydrogens (tertiary/aromatic N) is 1. The molecule has 0 atom stereocenters. The summed E-state index contributed by atoms with van der Waals surface area (Å²) in [7, 11) is 1.84. The first-order valence-electron chi connectivity index (χ1n) is 7.48. The van der Waals surface area contributed by atoms with Gasteiger partial charge in [-0.2, -0.15) is 0 Å². The van der Waals surface area contributed by atoms with Crippen LogP contribution in [0.25, 0.3) is 0 Å². The van der Waals surface area contributed by atoms with E-state index in [0.29, 0.717) is 30.5 Å². The van der Waals surface area contributed by atoms with Gasteiger partial charge in [0.05, 0.1) is 6.54 Å². The SMILES string of the molecule is CN(CCOc1cccc(Cl)c1)C(=O)CC1CCNCC1.Cl. The molecule has 1 amide bonds. The quantitative estimate of drug-likeness (QED) is 0.860. The standard InChI is InChI=1S/C16H23ClN2O2.ClH/c1-19(16(20)11-13-5-7-18-8-6-13)9-10-21-15-4-2-3-14(17)12-15;/h2-4,12-13,18H,5-11H2,1H3;1H. The highest BCUT2D eigenvalue weighted by Gasteiger charge is 2.18. The fourth-order valence-corrected chi connectivity index (χ4v) is 2.65. The maximum absolute atomic E-state index is 12.1. The summed E-state index contributed by atoms with van der Waals surface area (Å²) in [5, 5.41) is 3.97. The second-order valence-electron chi connectivity index (χ2n) is 5.52. The Labute approximate surface area is 143 Å². The highest BCUT2D eigenvalue weighted by Crippen LogP contribution is 2.18. The van der Waals surface area contributed by atoms with Crippen LogP contribution in [-0.4, -0.2) is 44.1 Å². The normalized spacial score (nSPS) is 15.0. The largest absolute Gasteiger partial charge is 0.492 e. The smallest absolute Gasteiger partial charge is 0.222 e. The molecule has 0 aromatic heterocycles. The lowest BCUT2D eigenvalue weighted by Crippen LogP contribution is -2.35. The average Bonchev–Trinajstić information content (AvgIpc) is 2.48. The van der Waals surface area contributed by atoms with Crippen molar-refractivity contribution in [1.82, 2.24) is 10.2 Å². The molecule has 1 saturated heterocycles. The summed E-state index contributed by atoms with van der Waals surface area (Å²) in [5.74, 6) is 1.47. The number of rotatable bonds is 6. The molecule has 2 rings (SSSR count). The molecule has 1 aromatic carbocycles. The zero-order valence-corrected chi connectivity index (χ0v) is 14.5. The Morgan fingerprint density at radius 3 is 2.82 bits per heavy atom. The van der Waals surface area contributed by atoms with E-state index >= 15 is 0 Å².